The highest BCUT2D eigenvalue weighted by Crippen LogP contribution is 2.29. The van der Waals surface area contributed by atoms with E-state index in [0.29, 0.717) is 17.5 Å². The summed E-state index contributed by atoms with van der Waals surface area (Å²) in [7, 11) is 0. The van der Waals surface area contributed by atoms with Crippen LogP contribution < -0.4 is 10.6 Å². The molecule has 0 bridgehead atoms. The molecule has 0 radical (unpaired) electrons. The zero-order valence-electron chi connectivity index (χ0n) is 13.6. The van der Waals surface area contributed by atoms with Crippen molar-refractivity contribution < 1.29 is 22.8 Å². The Morgan fingerprint density at radius 2 is 1.62 bits per heavy atom. The van der Waals surface area contributed by atoms with E-state index in [2.05, 4.69) is 10.6 Å². The number of hydrogen-bond donors (Lipinski definition) is 2. The van der Waals surface area contributed by atoms with Gasteiger partial charge in [0.05, 0.1) is 17.7 Å². The second-order valence-corrected chi connectivity index (χ2v) is 6.62. The fraction of sp³-hybridized carbons (Fsp3) is 0.222. The molecule has 0 spiro atoms. The molecule has 0 unspecified atom stereocenters. The molecular weight excluding hydrogens is 460 g/mol. The van der Waals surface area contributed by atoms with Crippen molar-refractivity contribution in [3.63, 3.8) is 0 Å². The van der Waals surface area contributed by atoms with Crippen molar-refractivity contribution in [3.05, 3.63) is 68.8 Å². The van der Waals surface area contributed by atoms with Crippen molar-refractivity contribution in [1.29, 1.82) is 0 Å². The molecule has 2 amide bonds. The maximum absolute atomic E-state index is 12.5. The summed E-state index contributed by atoms with van der Waals surface area (Å²) in [6.45, 7) is 0.0970. The van der Waals surface area contributed by atoms with E-state index < -0.39 is 11.7 Å². The van der Waals surface area contributed by atoms with Gasteiger partial charge in [0.15, 0.2) is 0 Å². The molecule has 138 valence electrons. The van der Waals surface area contributed by atoms with Gasteiger partial charge in [-0.3, -0.25) is 9.59 Å². The van der Waals surface area contributed by atoms with Crippen LogP contribution in [0.5, 0.6) is 0 Å². The van der Waals surface area contributed by atoms with Crippen molar-refractivity contribution in [3.8, 4) is 0 Å². The predicted octanol–water partition coefficient (Wildman–Crippen LogP) is 3.40. The van der Waals surface area contributed by atoms with Gasteiger partial charge < -0.3 is 10.6 Å². The van der Waals surface area contributed by atoms with Gasteiger partial charge in [-0.05, 0) is 58.8 Å². The number of hydrogen-bond acceptors (Lipinski definition) is 2. The molecule has 2 aromatic carbocycles. The van der Waals surface area contributed by atoms with Crippen LogP contribution in [0.1, 0.15) is 21.5 Å². The van der Waals surface area contributed by atoms with E-state index in [1.165, 1.54) is 12.1 Å². The summed E-state index contributed by atoms with van der Waals surface area (Å²) in [6.07, 6.45) is -3.96. The van der Waals surface area contributed by atoms with E-state index in [4.69, 9.17) is 0 Å². The number of amides is 2. The van der Waals surface area contributed by atoms with Gasteiger partial charge in [0.1, 0.15) is 0 Å². The third-order valence-corrected chi connectivity index (χ3v) is 4.49. The molecule has 4 nitrogen and oxygen atoms in total. The zero-order valence-corrected chi connectivity index (χ0v) is 15.7. The molecule has 0 heterocycles. The summed E-state index contributed by atoms with van der Waals surface area (Å²) in [6, 6.07) is 11.8. The summed E-state index contributed by atoms with van der Waals surface area (Å²) >= 11 is 2.04. The Balaban J connectivity index is 1.74. The molecule has 0 aliphatic rings. The molecule has 0 aliphatic heterocycles. The fourth-order valence-electron chi connectivity index (χ4n) is 2.17. The molecule has 2 rings (SSSR count). The van der Waals surface area contributed by atoms with Crippen LogP contribution >= 0.6 is 22.6 Å². The molecule has 0 aromatic heterocycles. The Bertz CT molecular complexity index is 777. The standard InChI is InChI=1S/C18H16F3IN2O2/c19-18(20,21)13-7-5-12(6-8-13)9-10-23-16(25)11-24-17(26)14-3-1-2-4-15(14)22/h1-8H,9-11H2,(H,23,25)(H,24,26). The Kier molecular flexibility index (Phi) is 7.01. The van der Waals surface area contributed by atoms with Crippen molar-refractivity contribution in [2.24, 2.45) is 0 Å². The number of benzene rings is 2. The largest absolute Gasteiger partial charge is 0.416 e. The van der Waals surface area contributed by atoms with E-state index in [1.54, 1.807) is 18.2 Å². The van der Waals surface area contributed by atoms with Gasteiger partial charge in [-0.1, -0.05) is 24.3 Å². The van der Waals surface area contributed by atoms with Crippen LogP contribution in [-0.4, -0.2) is 24.9 Å². The van der Waals surface area contributed by atoms with Crippen LogP contribution in [-0.2, 0) is 17.4 Å². The number of halogens is 4. The molecule has 0 saturated carbocycles. The lowest BCUT2D eigenvalue weighted by molar-refractivity contribution is -0.137. The van der Waals surface area contributed by atoms with E-state index in [-0.39, 0.29) is 24.9 Å². The zero-order chi connectivity index (χ0) is 19.2. The molecule has 0 saturated heterocycles. The van der Waals surface area contributed by atoms with E-state index in [9.17, 15) is 22.8 Å². The van der Waals surface area contributed by atoms with Gasteiger partial charge in [0.2, 0.25) is 5.91 Å². The Morgan fingerprint density at radius 1 is 0.962 bits per heavy atom. The highest BCUT2D eigenvalue weighted by atomic mass is 127. The molecule has 26 heavy (non-hydrogen) atoms. The number of rotatable bonds is 6. The Hall–Kier alpha value is -2.10. The Morgan fingerprint density at radius 3 is 2.23 bits per heavy atom. The van der Waals surface area contributed by atoms with Crippen LogP contribution in [0, 0.1) is 3.57 Å². The number of carbonyl (C=O) groups excluding carboxylic acids is 2. The maximum Gasteiger partial charge on any atom is 0.416 e. The lowest BCUT2D eigenvalue weighted by Crippen LogP contribution is -2.37. The van der Waals surface area contributed by atoms with Gasteiger partial charge in [0.25, 0.3) is 5.91 Å². The maximum atomic E-state index is 12.5. The number of carbonyl (C=O) groups is 2. The van der Waals surface area contributed by atoms with Crippen LogP contribution in [0.3, 0.4) is 0 Å². The minimum Gasteiger partial charge on any atom is -0.354 e. The predicted molar refractivity (Wildman–Crippen MR) is 99.6 cm³/mol. The third kappa shape index (κ3) is 6.01. The van der Waals surface area contributed by atoms with Crippen LogP contribution in [0.25, 0.3) is 0 Å². The summed E-state index contributed by atoms with van der Waals surface area (Å²) in [5.74, 6) is -0.705. The van der Waals surface area contributed by atoms with Crippen LogP contribution in [0.4, 0.5) is 13.2 Å². The minimum atomic E-state index is -4.36. The third-order valence-electron chi connectivity index (χ3n) is 3.55. The topological polar surface area (TPSA) is 58.2 Å². The second-order valence-electron chi connectivity index (χ2n) is 5.46. The van der Waals surface area contributed by atoms with Gasteiger partial charge >= 0.3 is 6.18 Å². The summed E-state index contributed by atoms with van der Waals surface area (Å²) in [5, 5.41) is 5.15. The highest BCUT2D eigenvalue weighted by molar-refractivity contribution is 14.1. The molecule has 0 fully saturated rings. The van der Waals surface area contributed by atoms with E-state index >= 15 is 0 Å². The normalized spacial score (nSPS) is 11.1. The van der Waals surface area contributed by atoms with Crippen molar-refractivity contribution >= 4 is 34.4 Å². The van der Waals surface area contributed by atoms with Crippen molar-refractivity contribution in [1.82, 2.24) is 10.6 Å². The summed E-state index contributed by atoms with van der Waals surface area (Å²) in [5.41, 5.74) is 0.468. The summed E-state index contributed by atoms with van der Waals surface area (Å²) < 4.78 is 38.2. The van der Waals surface area contributed by atoms with E-state index in [0.717, 1.165) is 15.7 Å². The first-order chi connectivity index (χ1) is 12.3. The first kappa shape index (κ1) is 20.2. The molecular formula is C18H16F3IN2O2. The average molecular weight is 476 g/mol. The molecule has 8 heteroatoms. The summed E-state index contributed by atoms with van der Waals surface area (Å²) in [4.78, 5) is 23.8. The van der Waals surface area contributed by atoms with E-state index in [1.807, 2.05) is 28.7 Å². The molecule has 2 aromatic rings. The number of nitrogens with one attached hydrogen (secondary N) is 2. The quantitative estimate of drug-likeness (QED) is 0.629. The van der Waals surface area contributed by atoms with Crippen molar-refractivity contribution in [2.75, 3.05) is 13.1 Å². The monoisotopic (exact) mass is 476 g/mol. The fourth-order valence-corrected chi connectivity index (χ4v) is 2.80. The molecule has 0 atom stereocenters. The first-order valence-corrected chi connectivity index (χ1v) is 8.81. The number of alkyl halides is 3. The van der Waals surface area contributed by atoms with Gasteiger partial charge in [0, 0.05) is 10.1 Å². The van der Waals surface area contributed by atoms with Gasteiger partial charge in [-0.2, -0.15) is 13.2 Å². The lowest BCUT2D eigenvalue weighted by Gasteiger charge is -2.09. The average Bonchev–Trinajstić information content (AvgIpc) is 2.60. The van der Waals surface area contributed by atoms with Crippen molar-refractivity contribution in [2.45, 2.75) is 12.6 Å². The van der Waals surface area contributed by atoms with Crippen LogP contribution in [0.2, 0.25) is 0 Å². The SMILES string of the molecule is O=C(CNC(=O)c1ccccc1I)NCCc1ccc(C(F)(F)F)cc1. The lowest BCUT2D eigenvalue weighted by atomic mass is 10.1. The van der Waals surface area contributed by atoms with Crippen LogP contribution in [0.15, 0.2) is 48.5 Å². The minimum absolute atomic E-state index is 0.170. The first-order valence-electron chi connectivity index (χ1n) is 7.73. The Labute approximate surface area is 162 Å². The smallest absolute Gasteiger partial charge is 0.354 e. The highest BCUT2D eigenvalue weighted by Gasteiger charge is 2.29. The second kappa shape index (κ2) is 9.02. The molecule has 2 N–H and O–H groups in total. The van der Waals surface area contributed by atoms with Gasteiger partial charge in [-0.25, -0.2) is 0 Å². The molecule has 0 aliphatic carbocycles. The van der Waals surface area contributed by atoms with Gasteiger partial charge in [-0.15, -0.1) is 0 Å².